The van der Waals surface area contributed by atoms with Gasteiger partial charge >= 0.3 is 0 Å². The van der Waals surface area contributed by atoms with Crippen molar-refractivity contribution in [3.8, 4) is 22.5 Å². The molecule has 0 aliphatic rings. The average Bonchev–Trinajstić information content (AvgIpc) is 3.47. The summed E-state index contributed by atoms with van der Waals surface area (Å²) >= 11 is 0. The molecule has 0 spiro atoms. The lowest BCUT2D eigenvalue weighted by molar-refractivity contribution is 0.0950. The number of carbonyl (C=O) groups excluding carboxylic acids is 1. The fourth-order valence-corrected chi connectivity index (χ4v) is 3.98. The molecular weight excluding hydrogens is 424 g/mol. The van der Waals surface area contributed by atoms with Crippen LogP contribution in [0.3, 0.4) is 0 Å². The fourth-order valence-electron chi connectivity index (χ4n) is 3.98. The summed E-state index contributed by atoms with van der Waals surface area (Å²) in [4.78, 5) is 13.2. The van der Waals surface area contributed by atoms with Crippen molar-refractivity contribution in [1.82, 2.24) is 20.3 Å². The van der Waals surface area contributed by atoms with Gasteiger partial charge < -0.3 is 9.84 Å². The molecule has 168 valence electrons. The SMILES string of the molecule is Cc1onc(-c2ccccc2)c1C(=O)NCc1cn(Cc2ccccc2)nc1-c1ccccc1. The summed E-state index contributed by atoms with van der Waals surface area (Å²) in [5.41, 5.74) is 5.78. The maximum absolute atomic E-state index is 13.2. The van der Waals surface area contributed by atoms with E-state index in [1.807, 2.05) is 89.7 Å². The van der Waals surface area contributed by atoms with Crippen LogP contribution in [-0.2, 0) is 13.1 Å². The van der Waals surface area contributed by atoms with Gasteiger partial charge in [-0.05, 0) is 12.5 Å². The van der Waals surface area contributed by atoms with Crippen LogP contribution in [0, 0.1) is 6.92 Å². The molecule has 2 heterocycles. The molecule has 0 saturated carbocycles. The normalized spacial score (nSPS) is 10.9. The van der Waals surface area contributed by atoms with Crippen molar-refractivity contribution >= 4 is 5.91 Å². The van der Waals surface area contributed by atoms with Crippen molar-refractivity contribution < 1.29 is 9.32 Å². The highest BCUT2D eigenvalue weighted by Crippen LogP contribution is 2.26. The molecule has 1 N–H and O–H groups in total. The molecule has 5 aromatic rings. The highest BCUT2D eigenvalue weighted by molar-refractivity contribution is 6.00. The molecule has 6 heteroatoms. The number of aromatic nitrogens is 3. The molecule has 34 heavy (non-hydrogen) atoms. The number of aryl methyl sites for hydroxylation is 1. The van der Waals surface area contributed by atoms with E-state index in [4.69, 9.17) is 9.62 Å². The number of hydrogen-bond acceptors (Lipinski definition) is 4. The molecule has 0 unspecified atom stereocenters. The molecule has 0 radical (unpaired) electrons. The van der Waals surface area contributed by atoms with Crippen molar-refractivity contribution in [2.45, 2.75) is 20.0 Å². The van der Waals surface area contributed by atoms with Crippen LogP contribution >= 0.6 is 0 Å². The Labute approximate surface area is 197 Å². The minimum atomic E-state index is -0.229. The van der Waals surface area contributed by atoms with Gasteiger partial charge in [0.2, 0.25) is 0 Å². The second-order valence-electron chi connectivity index (χ2n) is 8.06. The van der Waals surface area contributed by atoms with Gasteiger partial charge in [-0.3, -0.25) is 9.48 Å². The number of rotatable bonds is 7. The first-order valence-corrected chi connectivity index (χ1v) is 11.1. The third-order valence-electron chi connectivity index (χ3n) is 5.65. The summed E-state index contributed by atoms with van der Waals surface area (Å²) in [6, 6.07) is 29.8. The van der Waals surface area contributed by atoms with Gasteiger partial charge in [0.05, 0.1) is 12.2 Å². The van der Waals surface area contributed by atoms with Gasteiger partial charge in [0, 0.05) is 29.4 Å². The van der Waals surface area contributed by atoms with Gasteiger partial charge in [-0.15, -0.1) is 0 Å². The van der Waals surface area contributed by atoms with Crippen LogP contribution < -0.4 is 5.32 Å². The smallest absolute Gasteiger partial charge is 0.257 e. The Morgan fingerprint density at radius 1 is 0.853 bits per heavy atom. The van der Waals surface area contributed by atoms with Crippen LogP contribution in [0.5, 0.6) is 0 Å². The van der Waals surface area contributed by atoms with E-state index < -0.39 is 0 Å². The molecule has 3 aromatic carbocycles. The minimum Gasteiger partial charge on any atom is -0.360 e. The van der Waals surface area contributed by atoms with E-state index in [0.717, 1.165) is 27.9 Å². The summed E-state index contributed by atoms with van der Waals surface area (Å²) in [5.74, 6) is 0.256. The predicted molar refractivity (Wildman–Crippen MR) is 131 cm³/mol. The largest absolute Gasteiger partial charge is 0.360 e. The molecule has 0 aliphatic heterocycles. The highest BCUT2D eigenvalue weighted by atomic mass is 16.5. The van der Waals surface area contributed by atoms with E-state index >= 15 is 0 Å². The van der Waals surface area contributed by atoms with E-state index in [2.05, 4.69) is 22.6 Å². The van der Waals surface area contributed by atoms with E-state index in [-0.39, 0.29) is 5.91 Å². The van der Waals surface area contributed by atoms with Gasteiger partial charge in [-0.1, -0.05) is 96.2 Å². The Bertz CT molecular complexity index is 1390. The van der Waals surface area contributed by atoms with Crippen molar-refractivity contribution in [2.24, 2.45) is 0 Å². The third-order valence-corrected chi connectivity index (χ3v) is 5.65. The molecule has 0 saturated heterocycles. The van der Waals surface area contributed by atoms with E-state index in [1.165, 1.54) is 0 Å². The molecule has 6 nitrogen and oxygen atoms in total. The Morgan fingerprint density at radius 3 is 2.09 bits per heavy atom. The van der Waals surface area contributed by atoms with Gasteiger partial charge in [-0.25, -0.2) is 0 Å². The molecule has 1 amide bonds. The molecule has 0 bridgehead atoms. The molecule has 0 fully saturated rings. The van der Waals surface area contributed by atoms with E-state index in [1.54, 1.807) is 6.92 Å². The number of hydrogen-bond donors (Lipinski definition) is 1. The molecule has 0 aliphatic carbocycles. The summed E-state index contributed by atoms with van der Waals surface area (Å²) < 4.78 is 7.28. The standard InChI is InChI=1S/C28H24N4O2/c1-20-25(27(31-34-20)23-15-9-4-10-16-23)28(33)29-17-24-19-32(18-21-11-5-2-6-12-21)30-26(24)22-13-7-3-8-14-22/h2-16,19H,17-18H2,1H3,(H,29,33). The van der Waals surface area contributed by atoms with Gasteiger partial charge in [0.25, 0.3) is 5.91 Å². The van der Waals surface area contributed by atoms with Crippen molar-refractivity contribution in [3.63, 3.8) is 0 Å². The Kier molecular flexibility index (Phi) is 6.03. The summed E-state index contributed by atoms with van der Waals surface area (Å²) in [5, 5.41) is 12.0. The van der Waals surface area contributed by atoms with Crippen molar-refractivity contribution in [1.29, 1.82) is 0 Å². The average molecular weight is 449 g/mol. The summed E-state index contributed by atoms with van der Waals surface area (Å²) in [6.07, 6.45) is 1.99. The number of carbonyl (C=O) groups is 1. The zero-order valence-corrected chi connectivity index (χ0v) is 18.8. The zero-order chi connectivity index (χ0) is 23.3. The fraction of sp³-hybridized carbons (Fsp3) is 0.107. The van der Waals surface area contributed by atoms with Gasteiger partial charge in [0.1, 0.15) is 17.0 Å². The summed E-state index contributed by atoms with van der Waals surface area (Å²) in [6.45, 7) is 2.73. The van der Waals surface area contributed by atoms with Crippen LogP contribution in [0.2, 0.25) is 0 Å². The molecule has 2 aromatic heterocycles. The Morgan fingerprint density at radius 2 is 1.44 bits per heavy atom. The Hall–Kier alpha value is -4.45. The first kappa shape index (κ1) is 21.4. The lowest BCUT2D eigenvalue weighted by Crippen LogP contribution is -2.23. The summed E-state index contributed by atoms with van der Waals surface area (Å²) in [7, 11) is 0. The van der Waals surface area contributed by atoms with Gasteiger partial charge in [-0.2, -0.15) is 5.10 Å². The van der Waals surface area contributed by atoms with Crippen LogP contribution in [0.15, 0.2) is 102 Å². The number of benzene rings is 3. The molecular formula is C28H24N4O2. The quantitative estimate of drug-likeness (QED) is 0.357. The monoisotopic (exact) mass is 448 g/mol. The number of amides is 1. The second-order valence-corrected chi connectivity index (χ2v) is 8.06. The van der Waals surface area contributed by atoms with Crippen molar-refractivity contribution in [3.05, 3.63) is 120 Å². The minimum absolute atomic E-state index is 0.229. The lowest BCUT2D eigenvalue weighted by atomic mass is 10.1. The van der Waals surface area contributed by atoms with Crippen LogP contribution in [0.4, 0.5) is 0 Å². The Balaban J connectivity index is 1.41. The maximum Gasteiger partial charge on any atom is 0.257 e. The van der Waals surface area contributed by atoms with Gasteiger partial charge in [0.15, 0.2) is 0 Å². The van der Waals surface area contributed by atoms with E-state index in [9.17, 15) is 4.79 Å². The predicted octanol–water partition coefficient (Wildman–Crippen LogP) is 5.49. The first-order chi connectivity index (χ1) is 16.7. The number of nitrogens with one attached hydrogen (secondary N) is 1. The van der Waals surface area contributed by atoms with Crippen molar-refractivity contribution in [2.75, 3.05) is 0 Å². The van der Waals surface area contributed by atoms with E-state index in [0.29, 0.717) is 30.1 Å². The molecule has 5 rings (SSSR count). The zero-order valence-electron chi connectivity index (χ0n) is 18.8. The molecule has 0 atom stereocenters. The third kappa shape index (κ3) is 4.52. The highest BCUT2D eigenvalue weighted by Gasteiger charge is 2.22. The topological polar surface area (TPSA) is 73.0 Å². The second kappa shape index (κ2) is 9.58. The number of nitrogens with zero attached hydrogens (tertiary/aromatic N) is 3. The van der Waals surface area contributed by atoms with Crippen LogP contribution in [0.1, 0.15) is 27.2 Å². The maximum atomic E-state index is 13.2. The first-order valence-electron chi connectivity index (χ1n) is 11.1. The van der Waals surface area contributed by atoms with Crippen LogP contribution in [-0.4, -0.2) is 20.8 Å². The van der Waals surface area contributed by atoms with Crippen LogP contribution in [0.25, 0.3) is 22.5 Å². The lowest BCUT2D eigenvalue weighted by Gasteiger charge is -2.06.